The second kappa shape index (κ2) is 24.7. The number of benzene rings is 3. The zero-order chi connectivity index (χ0) is 45.8. The van der Waals surface area contributed by atoms with Gasteiger partial charge in [-0.05, 0) is 48.7 Å². The molecule has 358 valence electrons. The summed E-state index contributed by atoms with van der Waals surface area (Å²) >= 11 is 1.88. The highest BCUT2D eigenvalue weighted by molar-refractivity contribution is 7.99. The van der Waals surface area contributed by atoms with E-state index in [0.29, 0.717) is 76.0 Å². The van der Waals surface area contributed by atoms with Gasteiger partial charge in [-0.1, -0.05) is 106 Å². The van der Waals surface area contributed by atoms with Gasteiger partial charge >= 0.3 is 0 Å². The number of pyridine rings is 3. The lowest BCUT2D eigenvalue weighted by Crippen LogP contribution is -2.28. The molecule has 14 nitrogen and oxygen atoms in total. The van der Waals surface area contributed by atoms with E-state index < -0.39 is 0 Å². The minimum absolute atomic E-state index is 0. The van der Waals surface area contributed by atoms with E-state index in [1.807, 2.05) is 129 Å². The molecule has 3 N–H and O–H groups in total. The summed E-state index contributed by atoms with van der Waals surface area (Å²) in [7, 11) is 0. The zero-order valence-electron chi connectivity index (χ0n) is 37.0. The first-order valence-electron chi connectivity index (χ1n) is 21.7. The molecule has 0 aliphatic carbocycles. The monoisotopic (exact) mass is 934 g/mol. The Balaban J connectivity index is 0.000000186. The quantitative estimate of drug-likeness (QED) is 0.117. The third-order valence-electron chi connectivity index (χ3n) is 11.3. The standard InChI is InChI=1S/C18H22N2O3.C16H18N2O3.C16H18N2O2S.2CH4/c1-18(2)12-19(13-23-18)11-15-8-9-20(17(22)16(15)21)10-14-6-4-3-5-7-14;2*19-15-14(11-17-8-9-21-12-17)6-7-18(16(15)20)10-13-4-2-1-3-5-13;;/h3-9,21H,10-13H2,1-2H3;2*1-7,19H,8-12H2;2*1H4. The van der Waals surface area contributed by atoms with Crippen LogP contribution in [-0.4, -0.2) is 101 Å². The maximum Gasteiger partial charge on any atom is 0.293 e. The summed E-state index contributed by atoms with van der Waals surface area (Å²) in [6.45, 7) is 11.5. The number of aromatic hydroxyl groups is 3. The van der Waals surface area contributed by atoms with Gasteiger partial charge in [-0.25, -0.2) is 0 Å². The molecule has 0 radical (unpaired) electrons. The Bertz CT molecular complexity index is 2530. The van der Waals surface area contributed by atoms with Gasteiger partial charge < -0.3 is 38.5 Å². The highest BCUT2D eigenvalue weighted by Gasteiger charge is 2.30. The van der Waals surface area contributed by atoms with Crippen molar-refractivity contribution < 1.29 is 24.8 Å². The number of hydrogen-bond donors (Lipinski definition) is 3. The Morgan fingerprint density at radius 3 is 1.27 bits per heavy atom. The molecule has 0 amide bonds. The highest BCUT2D eigenvalue weighted by Crippen LogP contribution is 2.24. The van der Waals surface area contributed by atoms with E-state index in [1.165, 1.54) is 9.13 Å². The van der Waals surface area contributed by atoms with Crippen LogP contribution in [-0.2, 0) is 48.7 Å². The predicted molar refractivity (Wildman–Crippen MR) is 267 cm³/mol. The first kappa shape index (κ1) is 52.0. The van der Waals surface area contributed by atoms with E-state index >= 15 is 0 Å². The van der Waals surface area contributed by atoms with Gasteiger partial charge in [-0.15, -0.1) is 11.8 Å². The van der Waals surface area contributed by atoms with Crippen molar-refractivity contribution in [1.29, 1.82) is 0 Å². The first-order valence-corrected chi connectivity index (χ1v) is 22.9. The predicted octanol–water partition coefficient (Wildman–Crippen LogP) is 6.94. The van der Waals surface area contributed by atoms with Crippen molar-refractivity contribution in [1.82, 2.24) is 28.4 Å². The molecule has 0 atom stereocenters. The molecule has 3 fully saturated rings. The molecule has 0 spiro atoms. The minimum atomic E-state index is -0.356. The summed E-state index contributed by atoms with van der Waals surface area (Å²) < 4.78 is 15.5. The van der Waals surface area contributed by atoms with Crippen LogP contribution in [0.25, 0.3) is 0 Å². The lowest BCUT2D eigenvalue weighted by Gasteiger charge is -2.17. The van der Waals surface area contributed by atoms with Crippen molar-refractivity contribution >= 4 is 11.8 Å². The van der Waals surface area contributed by atoms with Crippen LogP contribution in [0.1, 0.15) is 62.1 Å². The van der Waals surface area contributed by atoms with E-state index in [4.69, 9.17) is 9.47 Å². The van der Waals surface area contributed by atoms with Crippen molar-refractivity contribution in [3.63, 3.8) is 0 Å². The molecule has 3 aromatic carbocycles. The van der Waals surface area contributed by atoms with E-state index in [0.717, 1.165) is 48.0 Å². The highest BCUT2D eigenvalue weighted by atomic mass is 32.2. The lowest BCUT2D eigenvalue weighted by atomic mass is 10.1. The summed E-state index contributed by atoms with van der Waals surface area (Å²) in [4.78, 5) is 43.2. The van der Waals surface area contributed by atoms with Crippen molar-refractivity contribution in [3.8, 4) is 17.2 Å². The number of thioether (sulfide) groups is 1. The first-order chi connectivity index (χ1) is 31.4. The fourth-order valence-electron chi connectivity index (χ4n) is 7.77. The maximum absolute atomic E-state index is 12.4. The lowest BCUT2D eigenvalue weighted by molar-refractivity contribution is 0.0316. The number of nitrogens with zero attached hydrogens (tertiary/aromatic N) is 6. The topological polar surface area (TPSA) is 155 Å². The Labute approximate surface area is 397 Å². The maximum atomic E-state index is 12.4. The number of hydrogen-bond acceptors (Lipinski definition) is 12. The van der Waals surface area contributed by atoms with Gasteiger partial charge in [-0.2, -0.15) is 0 Å². The van der Waals surface area contributed by atoms with E-state index in [2.05, 4.69) is 14.7 Å². The second-order valence-electron chi connectivity index (χ2n) is 17.0. The van der Waals surface area contributed by atoms with Crippen LogP contribution >= 0.6 is 11.8 Å². The van der Waals surface area contributed by atoms with Gasteiger partial charge in [0.25, 0.3) is 16.7 Å². The van der Waals surface area contributed by atoms with Crippen molar-refractivity contribution in [2.75, 3.05) is 51.3 Å². The van der Waals surface area contributed by atoms with E-state index in [1.54, 1.807) is 29.2 Å². The van der Waals surface area contributed by atoms with E-state index in [9.17, 15) is 29.7 Å². The molecule has 67 heavy (non-hydrogen) atoms. The van der Waals surface area contributed by atoms with Gasteiger partial charge in [-0.3, -0.25) is 29.1 Å². The van der Waals surface area contributed by atoms with Crippen LogP contribution in [0, 0.1) is 0 Å². The average Bonchev–Trinajstić information content (AvgIpc) is 4.11. The molecule has 0 bridgehead atoms. The Morgan fingerprint density at radius 1 is 0.522 bits per heavy atom. The summed E-state index contributed by atoms with van der Waals surface area (Å²) in [6.07, 6.45) is 5.25. The van der Waals surface area contributed by atoms with Gasteiger partial charge in [0.2, 0.25) is 0 Å². The molecule has 3 aliphatic rings. The van der Waals surface area contributed by atoms with Gasteiger partial charge in [0, 0.05) is 86.2 Å². The van der Waals surface area contributed by atoms with Crippen LogP contribution in [0.3, 0.4) is 0 Å². The SMILES string of the molecule is C.C.CC1(C)CN(Cc2ccn(Cc3ccccc3)c(=O)c2O)CO1.O=c1c(O)c(CN2CCOC2)ccn1Cc1ccccc1.O=c1c(O)c(CN2CCSC2)ccn1Cc1ccccc1. The Kier molecular flexibility index (Phi) is 19.2. The zero-order valence-corrected chi connectivity index (χ0v) is 37.8. The Hall–Kier alpha value is -5.94. The third kappa shape index (κ3) is 14.5. The largest absolute Gasteiger partial charge is 0.503 e. The molecular formula is C52H66N6O8S. The molecule has 6 aromatic rings. The van der Waals surface area contributed by atoms with Crippen molar-refractivity contribution in [3.05, 3.63) is 192 Å². The van der Waals surface area contributed by atoms with Crippen molar-refractivity contribution in [2.45, 2.75) is 73.6 Å². The molecule has 0 unspecified atom stereocenters. The molecule has 6 heterocycles. The molecule has 3 aliphatic heterocycles. The van der Waals surface area contributed by atoms with Crippen LogP contribution in [0.15, 0.2) is 142 Å². The summed E-state index contributed by atoms with van der Waals surface area (Å²) in [5, 5.41) is 30.5. The number of rotatable bonds is 12. The van der Waals surface area contributed by atoms with Crippen molar-refractivity contribution in [2.24, 2.45) is 0 Å². The molecular weight excluding hydrogens is 869 g/mol. The van der Waals surface area contributed by atoms with Crippen LogP contribution in [0.4, 0.5) is 0 Å². The van der Waals surface area contributed by atoms with Crippen LogP contribution in [0.5, 0.6) is 17.2 Å². The summed E-state index contributed by atoms with van der Waals surface area (Å²) in [6, 6.07) is 34.7. The molecule has 0 saturated carbocycles. The normalized spacial score (nSPS) is 15.7. The molecule has 15 heteroatoms. The summed E-state index contributed by atoms with van der Waals surface area (Å²) in [5.74, 6) is 1.62. The second-order valence-corrected chi connectivity index (χ2v) is 18.1. The summed E-state index contributed by atoms with van der Waals surface area (Å²) in [5.41, 5.74) is 3.89. The minimum Gasteiger partial charge on any atom is -0.503 e. The van der Waals surface area contributed by atoms with Crippen LogP contribution in [0.2, 0.25) is 0 Å². The fourth-order valence-corrected chi connectivity index (χ4v) is 8.76. The fraction of sp³-hybridized carbons (Fsp3) is 0.365. The van der Waals surface area contributed by atoms with Gasteiger partial charge in [0.1, 0.15) is 6.73 Å². The smallest absolute Gasteiger partial charge is 0.293 e. The molecule has 9 rings (SSSR count). The number of ether oxygens (including phenoxy) is 2. The van der Waals surface area contributed by atoms with Gasteiger partial charge in [0.15, 0.2) is 17.2 Å². The molecule has 3 aromatic heterocycles. The van der Waals surface area contributed by atoms with E-state index in [-0.39, 0.29) is 54.4 Å². The van der Waals surface area contributed by atoms with Crippen LogP contribution < -0.4 is 16.7 Å². The average molecular weight is 935 g/mol. The Morgan fingerprint density at radius 2 is 0.925 bits per heavy atom. The number of aromatic nitrogens is 3. The third-order valence-corrected chi connectivity index (χ3v) is 12.4. The van der Waals surface area contributed by atoms with Gasteiger partial charge in [0.05, 0.1) is 38.6 Å². The molecule has 3 saturated heterocycles.